The SMILES string of the molecule is COc1cc2nccc(Oc3ccc(N)c(Cl)c3)c2cc1-c1ncco1. The minimum atomic E-state index is 0.433. The smallest absolute Gasteiger partial charge is 0.229 e. The Morgan fingerprint density at radius 1 is 1.04 bits per heavy atom. The number of hydrogen-bond donors (Lipinski definition) is 1. The van der Waals surface area contributed by atoms with E-state index in [9.17, 15) is 0 Å². The molecule has 0 fully saturated rings. The van der Waals surface area contributed by atoms with Crippen molar-refractivity contribution in [3.8, 4) is 28.7 Å². The molecule has 0 spiro atoms. The highest BCUT2D eigenvalue weighted by atomic mass is 35.5. The van der Waals surface area contributed by atoms with Crippen LogP contribution in [0.25, 0.3) is 22.4 Å². The predicted octanol–water partition coefficient (Wildman–Crippen LogP) is 4.93. The van der Waals surface area contributed by atoms with E-state index < -0.39 is 0 Å². The standard InChI is InChI=1S/C19H14ClN3O3/c1-24-18-10-16-12(9-13(18)19-23-6-7-25-19)17(4-5-22-16)26-11-2-3-15(21)14(20)8-11/h2-10H,21H2,1H3. The number of methoxy groups -OCH3 is 1. The van der Waals surface area contributed by atoms with Gasteiger partial charge in [0.05, 0.1) is 35.1 Å². The summed E-state index contributed by atoms with van der Waals surface area (Å²) in [6, 6.07) is 10.6. The molecule has 0 radical (unpaired) electrons. The van der Waals surface area contributed by atoms with Crippen molar-refractivity contribution in [2.24, 2.45) is 0 Å². The fraction of sp³-hybridized carbons (Fsp3) is 0.0526. The molecule has 2 N–H and O–H groups in total. The molecule has 2 aromatic heterocycles. The van der Waals surface area contributed by atoms with Crippen molar-refractivity contribution >= 4 is 28.2 Å². The van der Waals surface area contributed by atoms with E-state index in [-0.39, 0.29) is 0 Å². The highest BCUT2D eigenvalue weighted by Gasteiger charge is 2.15. The molecular formula is C19H14ClN3O3. The van der Waals surface area contributed by atoms with E-state index >= 15 is 0 Å². The number of fused-ring (bicyclic) bond motifs is 1. The fourth-order valence-electron chi connectivity index (χ4n) is 2.63. The van der Waals surface area contributed by atoms with E-state index in [4.69, 9.17) is 31.2 Å². The highest BCUT2D eigenvalue weighted by molar-refractivity contribution is 6.33. The first-order valence-corrected chi connectivity index (χ1v) is 8.13. The van der Waals surface area contributed by atoms with Crippen LogP contribution in [-0.2, 0) is 0 Å². The van der Waals surface area contributed by atoms with Crippen LogP contribution in [0, 0.1) is 0 Å². The van der Waals surface area contributed by atoms with Crippen LogP contribution in [0.4, 0.5) is 5.69 Å². The van der Waals surface area contributed by atoms with Crippen LogP contribution in [0.15, 0.2) is 59.5 Å². The fourth-order valence-corrected chi connectivity index (χ4v) is 2.80. The lowest BCUT2D eigenvalue weighted by atomic mass is 10.1. The van der Waals surface area contributed by atoms with E-state index in [0.717, 1.165) is 10.9 Å². The lowest BCUT2D eigenvalue weighted by Crippen LogP contribution is -1.93. The average Bonchev–Trinajstić information content (AvgIpc) is 3.18. The normalized spacial score (nSPS) is 10.8. The summed E-state index contributed by atoms with van der Waals surface area (Å²) in [6.07, 6.45) is 4.76. The number of nitrogen functional groups attached to an aromatic ring is 1. The number of ether oxygens (including phenoxy) is 2. The molecule has 0 saturated heterocycles. The summed E-state index contributed by atoms with van der Waals surface area (Å²) < 4.78 is 16.9. The van der Waals surface area contributed by atoms with Crippen molar-refractivity contribution < 1.29 is 13.9 Å². The molecule has 7 heteroatoms. The zero-order valence-corrected chi connectivity index (χ0v) is 14.5. The van der Waals surface area contributed by atoms with Crippen LogP contribution in [-0.4, -0.2) is 17.1 Å². The van der Waals surface area contributed by atoms with Crippen LogP contribution in [0.5, 0.6) is 17.2 Å². The summed E-state index contributed by atoms with van der Waals surface area (Å²) in [7, 11) is 1.59. The van der Waals surface area contributed by atoms with Gasteiger partial charge in [-0.1, -0.05) is 11.6 Å². The Morgan fingerprint density at radius 3 is 2.65 bits per heavy atom. The van der Waals surface area contributed by atoms with Gasteiger partial charge in [0.2, 0.25) is 5.89 Å². The predicted molar refractivity (Wildman–Crippen MR) is 99.7 cm³/mol. The van der Waals surface area contributed by atoms with Gasteiger partial charge in [0.25, 0.3) is 0 Å². The first-order valence-electron chi connectivity index (χ1n) is 7.75. The number of benzene rings is 2. The van der Waals surface area contributed by atoms with Crippen LogP contribution in [0.1, 0.15) is 0 Å². The lowest BCUT2D eigenvalue weighted by Gasteiger charge is -2.12. The highest BCUT2D eigenvalue weighted by Crippen LogP contribution is 2.38. The third kappa shape index (κ3) is 2.91. The van der Waals surface area contributed by atoms with Crippen molar-refractivity contribution in [3.63, 3.8) is 0 Å². The molecule has 26 heavy (non-hydrogen) atoms. The molecule has 0 unspecified atom stereocenters. The molecule has 130 valence electrons. The molecule has 0 amide bonds. The first kappa shape index (κ1) is 16.2. The number of anilines is 1. The number of aromatic nitrogens is 2. The minimum Gasteiger partial charge on any atom is -0.496 e. The Labute approximate surface area is 154 Å². The van der Waals surface area contributed by atoms with E-state index in [1.807, 2.05) is 12.1 Å². The largest absolute Gasteiger partial charge is 0.496 e. The van der Waals surface area contributed by atoms with E-state index in [1.54, 1.807) is 43.8 Å². The Kier molecular flexibility index (Phi) is 4.10. The maximum absolute atomic E-state index is 6.08. The second kappa shape index (κ2) is 6.57. The maximum Gasteiger partial charge on any atom is 0.229 e. The number of nitrogens with zero attached hydrogens (tertiary/aromatic N) is 2. The second-order valence-corrected chi connectivity index (χ2v) is 5.91. The van der Waals surface area contributed by atoms with Crippen molar-refractivity contribution in [2.45, 2.75) is 0 Å². The third-order valence-corrected chi connectivity index (χ3v) is 4.21. The molecule has 2 heterocycles. The Morgan fingerprint density at radius 2 is 1.92 bits per heavy atom. The molecule has 4 aromatic rings. The minimum absolute atomic E-state index is 0.433. The zero-order chi connectivity index (χ0) is 18.1. The number of hydrogen-bond acceptors (Lipinski definition) is 6. The van der Waals surface area contributed by atoms with Crippen molar-refractivity contribution in [3.05, 3.63) is 60.1 Å². The van der Waals surface area contributed by atoms with Gasteiger partial charge in [0.1, 0.15) is 23.5 Å². The molecule has 0 bridgehead atoms. The average molecular weight is 368 g/mol. The summed E-state index contributed by atoms with van der Waals surface area (Å²) in [6.45, 7) is 0. The van der Waals surface area contributed by atoms with Crippen LogP contribution < -0.4 is 15.2 Å². The van der Waals surface area contributed by atoms with E-state index in [2.05, 4.69) is 9.97 Å². The van der Waals surface area contributed by atoms with Gasteiger partial charge in [-0.2, -0.15) is 0 Å². The Hall–Kier alpha value is -3.25. The van der Waals surface area contributed by atoms with Crippen LogP contribution in [0.2, 0.25) is 5.02 Å². The maximum atomic E-state index is 6.08. The number of rotatable bonds is 4. The van der Waals surface area contributed by atoms with Crippen molar-refractivity contribution in [1.82, 2.24) is 9.97 Å². The molecule has 2 aromatic carbocycles. The molecule has 4 rings (SSSR count). The van der Waals surface area contributed by atoms with Gasteiger partial charge >= 0.3 is 0 Å². The van der Waals surface area contributed by atoms with Gasteiger partial charge in [-0.25, -0.2) is 4.98 Å². The van der Waals surface area contributed by atoms with Gasteiger partial charge in [-0.3, -0.25) is 4.98 Å². The van der Waals surface area contributed by atoms with Gasteiger partial charge in [-0.15, -0.1) is 0 Å². The molecule has 0 aliphatic heterocycles. The Balaban J connectivity index is 1.84. The lowest BCUT2D eigenvalue weighted by molar-refractivity contribution is 0.414. The first-order chi connectivity index (χ1) is 12.7. The number of pyridine rings is 1. The number of nitrogens with two attached hydrogens (primary N) is 1. The molecule has 0 saturated carbocycles. The summed E-state index contributed by atoms with van der Waals surface area (Å²) in [4.78, 5) is 8.59. The van der Waals surface area contributed by atoms with Crippen molar-refractivity contribution in [2.75, 3.05) is 12.8 Å². The summed E-state index contributed by atoms with van der Waals surface area (Å²) in [5.41, 5.74) is 7.67. The van der Waals surface area contributed by atoms with Crippen LogP contribution in [0.3, 0.4) is 0 Å². The van der Waals surface area contributed by atoms with Gasteiger partial charge in [0, 0.05) is 23.7 Å². The third-order valence-electron chi connectivity index (χ3n) is 3.89. The molecule has 0 aliphatic carbocycles. The summed E-state index contributed by atoms with van der Waals surface area (Å²) >= 11 is 6.08. The van der Waals surface area contributed by atoms with E-state index in [1.165, 1.54) is 6.26 Å². The molecular weight excluding hydrogens is 354 g/mol. The zero-order valence-electron chi connectivity index (χ0n) is 13.8. The summed E-state index contributed by atoms with van der Waals surface area (Å²) in [5, 5.41) is 1.22. The van der Waals surface area contributed by atoms with Crippen molar-refractivity contribution in [1.29, 1.82) is 0 Å². The number of oxazole rings is 1. The molecule has 0 atom stereocenters. The van der Waals surface area contributed by atoms with Gasteiger partial charge in [0.15, 0.2) is 0 Å². The van der Waals surface area contributed by atoms with Gasteiger partial charge in [-0.05, 0) is 24.3 Å². The second-order valence-electron chi connectivity index (χ2n) is 5.50. The monoisotopic (exact) mass is 367 g/mol. The number of halogens is 1. The van der Waals surface area contributed by atoms with E-state index in [0.29, 0.717) is 39.4 Å². The van der Waals surface area contributed by atoms with Gasteiger partial charge < -0.3 is 19.6 Å². The topological polar surface area (TPSA) is 83.4 Å². The molecule has 0 aliphatic rings. The molecule has 6 nitrogen and oxygen atoms in total. The Bertz CT molecular complexity index is 1080. The quantitative estimate of drug-likeness (QED) is 0.515. The summed E-state index contributed by atoms with van der Waals surface area (Å²) in [5.74, 6) is 2.26. The van der Waals surface area contributed by atoms with Crippen LogP contribution >= 0.6 is 11.6 Å².